The van der Waals surface area contributed by atoms with Gasteiger partial charge in [-0.3, -0.25) is 4.79 Å². The van der Waals surface area contributed by atoms with Crippen molar-refractivity contribution >= 4 is 27.6 Å². The van der Waals surface area contributed by atoms with Gasteiger partial charge in [-0.2, -0.15) is 11.8 Å². The molecule has 1 fully saturated rings. The van der Waals surface area contributed by atoms with E-state index < -0.39 is 21.3 Å². The SMILES string of the molecule is CCNC1(C(=O)O)CCC(SCCS(C)(=O)=O)C1. The van der Waals surface area contributed by atoms with E-state index in [1.54, 1.807) is 11.8 Å². The van der Waals surface area contributed by atoms with Crippen molar-refractivity contribution in [2.24, 2.45) is 0 Å². The first-order chi connectivity index (χ1) is 8.29. The van der Waals surface area contributed by atoms with Crippen molar-refractivity contribution in [3.05, 3.63) is 0 Å². The van der Waals surface area contributed by atoms with Crippen molar-refractivity contribution in [2.75, 3.05) is 24.3 Å². The monoisotopic (exact) mass is 295 g/mol. The van der Waals surface area contributed by atoms with Crippen LogP contribution in [0.25, 0.3) is 0 Å². The van der Waals surface area contributed by atoms with Crippen LogP contribution in [0.3, 0.4) is 0 Å². The second-order valence-electron chi connectivity index (χ2n) is 4.78. The lowest BCUT2D eigenvalue weighted by Crippen LogP contribution is -2.50. The van der Waals surface area contributed by atoms with Crippen LogP contribution < -0.4 is 5.32 Å². The average molecular weight is 295 g/mol. The molecule has 1 aliphatic carbocycles. The van der Waals surface area contributed by atoms with Crippen LogP contribution in [0.5, 0.6) is 0 Å². The van der Waals surface area contributed by atoms with Gasteiger partial charge in [0.05, 0.1) is 5.75 Å². The number of aliphatic carboxylic acids is 1. The zero-order valence-corrected chi connectivity index (χ0v) is 12.4. The zero-order chi connectivity index (χ0) is 13.8. The first kappa shape index (κ1) is 15.8. The van der Waals surface area contributed by atoms with Crippen molar-refractivity contribution in [1.82, 2.24) is 5.32 Å². The third-order valence-electron chi connectivity index (χ3n) is 3.20. The number of carboxylic acids is 1. The van der Waals surface area contributed by atoms with Crippen molar-refractivity contribution in [3.8, 4) is 0 Å². The van der Waals surface area contributed by atoms with Gasteiger partial charge in [0.25, 0.3) is 0 Å². The Morgan fingerprint density at radius 3 is 2.72 bits per heavy atom. The van der Waals surface area contributed by atoms with E-state index in [9.17, 15) is 18.3 Å². The van der Waals surface area contributed by atoms with Crippen LogP contribution in [0.4, 0.5) is 0 Å². The molecule has 7 heteroatoms. The maximum Gasteiger partial charge on any atom is 0.323 e. The fourth-order valence-electron chi connectivity index (χ4n) is 2.28. The molecule has 2 unspecified atom stereocenters. The summed E-state index contributed by atoms with van der Waals surface area (Å²) < 4.78 is 22.0. The molecular weight excluding hydrogens is 274 g/mol. The smallest absolute Gasteiger partial charge is 0.323 e. The van der Waals surface area contributed by atoms with Gasteiger partial charge in [-0.05, 0) is 25.8 Å². The Morgan fingerprint density at radius 2 is 2.22 bits per heavy atom. The Morgan fingerprint density at radius 1 is 1.56 bits per heavy atom. The first-order valence-corrected chi connectivity index (χ1v) is 9.18. The molecule has 0 aromatic carbocycles. The summed E-state index contributed by atoms with van der Waals surface area (Å²) in [6.45, 7) is 2.53. The number of thioether (sulfide) groups is 1. The molecule has 0 bridgehead atoms. The molecule has 0 spiro atoms. The lowest BCUT2D eigenvalue weighted by Gasteiger charge is -2.25. The summed E-state index contributed by atoms with van der Waals surface area (Å²) >= 11 is 1.57. The molecule has 0 radical (unpaired) electrons. The van der Waals surface area contributed by atoms with E-state index in [2.05, 4.69) is 5.32 Å². The van der Waals surface area contributed by atoms with E-state index in [4.69, 9.17) is 0 Å². The maximum atomic E-state index is 11.3. The molecule has 0 aromatic rings. The Hall–Kier alpha value is -0.270. The average Bonchev–Trinajstić information content (AvgIpc) is 2.61. The number of hydrogen-bond acceptors (Lipinski definition) is 5. The topological polar surface area (TPSA) is 83.5 Å². The molecule has 18 heavy (non-hydrogen) atoms. The predicted octanol–water partition coefficient (Wildman–Crippen LogP) is 0.750. The molecule has 5 nitrogen and oxygen atoms in total. The third kappa shape index (κ3) is 4.44. The minimum Gasteiger partial charge on any atom is -0.480 e. The number of hydrogen-bond donors (Lipinski definition) is 2. The van der Waals surface area contributed by atoms with Gasteiger partial charge in [0.15, 0.2) is 0 Å². The lowest BCUT2D eigenvalue weighted by molar-refractivity contribution is -0.144. The Bertz CT molecular complexity index is 396. The Labute approximate surface area is 113 Å². The van der Waals surface area contributed by atoms with Crippen molar-refractivity contribution in [1.29, 1.82) is 0 Å². The fourth-order valence-corrected chi connectivity index (χ4v) is 4.89. The summed E-state index contributed by atoms with van der Waals surface area (Å²) in [5, 5.41) is 12.6. The summed E-state index contributed by atoms with van der Waals surface area (Å²) in [6, 6.07) is 0. The molecule has 2 atom stereocenters. The number of likely N-dealkylation sites (N-methyl/N-ethyl adjacent to an activating group) is 1. The highest BCUT2D eigenvalue weighted by molar-refractivity contribution is 8.01. The van der Waals surface area contributed by atoms with Crippen molar-refractivity contribution in [2.45, 2.75) is 37.0 Å². The number of sulfone groups is 1. The van der Waals surface area contributed by atoms with Crippen LogP contribution in [-0.4, -0.2) is 54.6 Å². The number of carboxylic acid groups (broad SMARTS) is 1. The Kier molecular flexibility index (Phi) is 5.48. The quantitative estimate of drug-likeness (QED) is 0.721. The predicted molar refractivity (Wildman–Crippen MR) is 73.9 cm³/mol. The molecule has 2 N–H and O–H groups in total. The van der Waals surface area contributed by atoms with E-state index in [0.717, 1.165) is 6.42 Å². The van der Waals surface area contributed by atoms with Crippen molar-refractivity contribution in [3.63, 3.8) is 0 Å². The summed E-state index contributed by atoms with van der Waals surface area (Å²) in [7, 11) is -2.92. The minimum atomic E-state index is -2.92. The molecule has 106 valence electrons. The van der Waals surface area contributed by atoms with E-state index in [0.29, 0.717) is 25.1 Å². The van der Waals surface area contributed by atoms with Gasteiger partial charge in [-0.15, -0.1) is 0 Å². The zero-order valence-electron chi connectivity index (χ0n) is 10.8. The highest BCUT2D eigenvalue weighted by Gasteiger charge is 2.44. The van der Waals surface area contributed by atoms with Crippen LogP contribution in [0.2, 0.25) is 0 Å². The molecular formula is C11H21NO4S2. The first-order valence-electron chi connectivity index (χ1n) is 6.07. The van der Waals surface area contributed by atoms with Gasteiger partial charge in [-0.25, -0.2) is 8.42 Å². The molecule has 0 amide bonds. The number of nitrogens with one attached hydrogen (secondary N) is 1. The highest BCUT2D eigenvalue weighted by atomic mass is 32.2. The van der Waals surface area contributed by atoms with E-state index in [1.165, 1.54) is 6.26 Å². The largest absolute Gasteiger partial charge is 0.480 e. The van der Waals surface area contributed by atoms with Crippen LogP contribution in [0.15, 0.2) is 0 Å². The van der Waals surface area contributed by atoms with Gasteiger partial charge in [0.2, 0.25) is 0 Å². The normalized spacial score (nSPS) is 28.4. The summed E-state index contributed by atoms with van der Waals surface area (Å²) in [5.41, 5.74) is -0.808. The molecule has 1 aliphatic rings. The maximum absolute atomic E-state index is 11.3. The van der Waals surface area contributed by atoms with Gasteiger partial charge >= 0.3 is 5.97 Å². The van der Waals surface area contributed by atoms with E-state index in [-0.39, 0.29) is 11.0 Å². The molecule has 0 aliphatic heterocycles. The minimum absolute atomic E-state index is 0.162. The molecule has 0 aromatic heterocycles. The van der Waals surface area contributed by atoms with Crippen molar-refractivity contribution < 1.29 is 18.3 Å². The molecule has 1 rings (SSSR count). The third-order valence-corrected chi connectivity index (χ3v) is 5.72. The molecule has 0 heterocycles. The Balaban J connectivity index is 2.46. The highest BCUT2D eigenvalue weighted by Crippen LogP contribution is 2.37. The standard InChI is InChI=1S/C11H21NO4S2/c1-3-12-11(10(13)14)5-4-9(8-11)17-6-7-18(2,15)16/h9,12H,3-8H2,1-2H3,(H,13,14). The number of carbonyl (C=O) groups is 1. The van der Waals surface area contributed by atoms with Crippen LogP contribution in [0.1, 0.15) is 26.2 Å². The van der Waals surface area contributed by atoms with Gasteiger partial charge in [0, 0.05) is 17.3 Å². The summed E-state index contributed by atoms with van der Waals surface area (Å²) in [5.74, 6) is -0.0867. The van der Waals surface area contributed by atoms with E-state index in [1.807, 2.05) is 6.92 Å². The second kappa shape index (κ2) is 6.25. The van der Waals surface area contributed by atoms with Crippen LogP contribution >= 0.6 is 11.8 Å². The molecule has 1 saturated carbocycles. The van der Waals surface area contributed by atoms with Crippen LogP contribution in [0, 0.1) is 0 Å². The van der Waals surface area contributed by atoms with Crippen LogP contribution in [-0.2, 0) is 14.6 Å². The summed E-state index contributed by atoms with van der Waals surface area (Å²) in [4.78, 5) is 11.3. The van der Waals surface area contributed by atoms with Gasteiger partial charge in [0.1, 0.15) is 15.4 Å². The molecule has 0 saturated heterocycles. The fraction of sp³-hybridized carbons (Fsp3) is 0.909. The van der Waals surface area contributed by atoms with Gasteiger partial charge < -0.3 is 10.4 Å². The summed E-state index contributed by atoms with van der Waals surface area (Å²) in [6.07, 6.45) is 3.24. The van der Waals surface area contributed by atoms with Gasteiger partial charge in [-0.1, -0.05) is 6.92 Å². The lowest BCUT2D eigenvalue weighted by atomic mass is 9.98. The van der Waals surface area contributed by atoms with E-state index >= 15 is 0 Å². The number of rotatable bonds is 7. The second-order valence-corrected chi connectivity index (χ2v) is 8.45.